The fourth-order valence-corrected chi connectivity index (χ4v) is 4.74. The van der Waals surface area contributed by atoms with Crippen molar-refractivity contribution < 1.29 is 14.6 Å². The first-order valence-corrected chi connectivity index (χ1v) is 16.2. The van der Waals surface area contributed by atoms with Crippen LogP contribution in [0.4, 0.5) is 0 Å². The Labute approximate surface area is 226 Å². The van der Waals surface area contributed by atoms with E-state index in [0.29, 0.717) is 13.0 Å². The molecule has 3 heteroatoms. The van der Waals surface area contributed by atoms with Crippen molar-refractivity contribution in [1.82, 2.24) is 0 Å². The predicted octanol–water partition coefficient (Wildman–Crippen LogP) is 10.6. The molecule has 214 valence electrons. The molecule has 0 heterocycles. The Morgan fingerprint density at radius 2 is 1.08 bits per heavy atom. The topological polar surface area (TPSA) is 46.5 Å². The molecule has 0 aromatic heterocycles. The zero-order chi connectivity index (χ0) is 26.4. The second kappa shape index (κ2) is 30.4. The maximum absolute atomic E-state index is 11.9. The lowest BCUT2D eigenvalue weighted by atomic mass is 10.0. The summed E-state index contributed by atoms with van der Waals surface area (Å²) in [7, 11) is 0. The van der Waals surface area contributed by atoms with Crippen molar-refractivity contribution >= 4 is 5.97 Å². The molecule has 3 nitrogen and oxygen atoms in total. The summed E-state index contributed by atoms with van der Waals surface area (Å²) in [4.78, 5) is 11.9. The molecule has 0 bridgehead atoms. The highest BCUT2D eigenvalue weighted by molar-refractivity contribution is 5.69. The predicted molar refractivity (Wildman–Crippen MR) is 157 cm³/mol. The van der Waals surface area contributed by atoms with E-state index in [9.17, 15) is 9.90 Å². The molecule has 0 unspecified atom stereocenters. The van der Waals surface area contributed by atoms with Crippen molar-refractivity contribution in [2.24, 2.45) is 0 Å². The van der Waals surface area contributed by atoms with Crippen LogP contribution >= 0.6 is 0 Å². The molecular weight excluding hydrogens is 444 g/mol. The monoisotopic (exact) mass is 508 g/mol. The van der Waals surface area contributed by atoms with Gasteiger partial charge < -0.3 is 9.84 Å². The van der Waals surface area contributed by atoms with Gasteiger partial charge in [-0.25, -0.2) is 0 Å². The Morgan fingerprint density at radius 1 is 0.611 bits per heavy atom. The molecule has 0 saturated heterocycles. The number of rotatable bonds is 29. The Hall–Kier alpha value is -0.830. The van der Waals surface area contributed by atoms with Gasteiger partial charge in [-0.15, -0.1) is 0 Å². The maximum Gasteiger partial charge on any atom is 0.305 e. The Balaban J connectivity index is 3.26. The Bertz CT molecular complexity index is 460. The van der Waals surface area contributed by atoms with Gasteiger partial charge in [0.15, 0.2) is 0 Å². The third-order valence-corrected chi connectivity index (χ3v) is 7.23. The Morgan fingerprint density at radius 3 is 1.67 bits per heavy atom. The third-order valence-electron chi connectivity index (χ3n) is 7.23. The van der Waals surface area contributed by atoms with Crippen LogP contribution in [0.3, 0.4) is 0 Å². The van der Waals surface area contributed by atoms with E-state index in [1.54, 1.807) is 0 Å². The number of hydrogen-bond acceptors (Lipinski definition) is 3. The maximum atomic E-state index is 11.9. The van der Waals surface area contributed by atoms with E-state index in [-0.39, 0.29) is 12.1 Å². The van der Waals surface area contributed by atoms with E-state index in [1.807, 2.05) is 0 Å². The van der Waals surface area contributed by atoms with Gasteiger partial charge in [-0.3, -0.25) is 4.79 Å². The summed E-state index contributed by atoms with van der Waals surface area (Å²) in [6.45, 7) is 5.10. The molecule has 0 saturated carbocycles. The lowest BCUT2D eigenvalue weighted by Crippen LogP contribution is -2.05. The van der Waals surface area contributed by atoms with Crippen LogP contribution in [0.5, 0.6) is 0 Å². The zero-order valence-corrected chi connectivity index (χ0v) is 24.6. The number of aliphatic hydroxyl groups is 1. The van der Waals surface area contributed by atoms with Gasteiger partial charge in [-0.05, 0) is 38.5 Å². The molecular formula is C33H64O3. The van der Waals surface area contributed by atoms with E-state index in [2.05, 4.69) is 26.0 Å². The van der Waals surface area contributed by atoms with Crippen molar-refractivity contribution in [3.05, 3.63) is 12.2 Å². The number of unbranched alkanes of at least 4 members (excludes halogenated alkanes) is 20. The molecule has 0 amide bonds. The van der Waals surface area contributed by atoms with Crippen LogP contribution in [0.15, 0.2) is 12.2 Å². The average Bonchev–Trinajstić information content (AvgIpc) is 2.88. The van der Waals surface area contributed by atoms with Crippen LogP contribution in [0.2, 0.25) is 0 Å². The normalized spacial score (nSPS) is 12.4. The van der Waals surface area contributed by atoms with Crippen LogP contribution < -0.4 is 0 Å². The number of hydrogen-bond donors (Lipinski definition) is 1. The standard InChI is InChI=1S/C33H64O3/c1-3-5-7-9-10-11-12-13-14-17-20-23-27-31-36-33(35)30-26-22-19-16-15-18-21-25-29-32(34)28-24-8-6-4-2/h21,25,32,34H,3-20,22-24,26-31H2,1-2H3/t32-/m1/s1. The first-order chi connectivity index (χ1) is 17.7. The molecule has 1 atom stereocenters. The van der Waals surface area contributed by atoms with Crippen molar-refractivity contribution in [3.8, 4) is 0 Å². The van der Waals surface area contributed by atoms with Crippen molar-refractivity contribution in [2.75, 3.05) is 6.61 Å². The minimum Gasteiger partial charge on any atom is -0.466 e. The molecule has 0 aliphatic heterocycles. The minimum absolute atomic E-state index is 0.00915. The number of allylic oxidation sites excluding steroid dienone is 1. The van der Waals surface area contributed by atoms with Crippen LogP contribution in [0, 0.1) is 0 Å². The lowest BCUT2D eigenvalue weighted by Gasteiger charge is -2.07. The first kappa shape index (κ1) is 35.2. The second-order valence-corrected chi connectivity index (χ2v) is 11.0. The van der Waals surface area contributed by atoms with E-state index in [4.69, 9.17) is 4.74 Å². The summed E-state index contributed by atoms with van der Waals surface area (Å²) in [5, 5.41) is 9.96. The molecule has 36 heavy (non-hydrogen) atoms. The summed E-state index contributed by atoms with van der Waals surface area (Å²) in [5.74, 6) is -0.00915. The highest BCUT2D eigenvalue weighted by atomic mass is 16.5. The van der Waals surface area contributed by atoms with Crippen molar-refractivity contribution in [1.29, 1.82) is 0 Å². The molecule has 1 N–H and O–H groups in total. The van der Waals surface area contributed by atoms with Crippen molar-refractivity contribution in [2.45, 2.75) is 187 Å². The average molecular weight is 509 g/mol. The molecule has 0 radical (unpaired) electrons. The fraction of sp³-hybridized carbons (Fsp3) is 0.909. The third kappa shape index (κ3) is 29.4. The lowest BCUT2D eigenvalue weighted by molar-refractivity contribution is -0.143. The van der Waals surface area contributed by atoms with E-state index in [0.717, 1.165) is 44.9 Å². The quantitative estimate of drug-likeness (QED) is 0.0620. The van der Waals surface area contributed by atoms with Gasteiger partial charge in [0, 0.05) is 6.42 Å². The van der Waals surface area contributed by atoms with Gasteiger partial charge in [-0.2, -0.15) is 0 Å². The zero-order valence-electron chi connectivity index (χ0n) is 24.6. The van der Waals surface area contributed by atoms with Crippen LogP contribution in [0.25, 0.3) is 0 Å². The summed E-state index contributed by atoms with van der Waals surface area (Å²) in [6, 6.07) is 0. The van der Waals surface area contributed by atoms with E-state index < -0.39 is 0 Å². The van der Waals surface area contributed by atoms with E-state index in [1.165, 1.54) is 116 Å². The number of esters is 1. The van der Waals surface area contributed by atoms with Gasteiger partial charge >= 0.3 is 5.97 Å². The second-order valence-electron chi connectivity index (χ2n) is 11.0. The molecule has 0 spiro atoms. The molecule has 0 rings (SSSR count). The van der Waals surface area contributed by atoms with Gasteiger partial charge in [0.25, 0.3) is 0 Å². The fourth-order valence-electron chi connectivity index (χ4n) is 4.74. The smallest absolute Gasteiger partial charge is 0.305 e. The summed E-state index contributed by atoms with van der Waals surface area (Å²) in [5.41, 5.74) is 0. The van der Waals surface area contributed by atoms with Crippen LogP contribution in [-0.2, 0) is 9.53 Å². The number of carbonyl (C=O) groups excluding carboxylic acids is 1. The number of ether oxygens (including phenoxy) is 1. The number of aliphatic hydroxyl groups excluding tert-OH is 1. The highest BCUT2D eigenvalue weighted by Gasteiger charge is 2.03. The minimum atomic E-state index is -0.164. The number of carbonyl (C=O) groups is 1. The van der Waals surface area contributed by atoms with Gasteiger partial charge in [0.1, 0.15) is 0 Å². The molecule has 0 aromatic carbocycles. The summed E-state index contributed by atoms with van der Waals surface area (Å²) >= 11 is 0. The van der Waals surface area contributed by atoms with Crippen LogP contribution in [-0.4, -0.2) is 23.8 Å². The molecule has 0 aliphatic rings. The van der Waals surface area contributed by atoms with E-state index >= 15 is 0 Å². The van der Waals surface area contributed by atoms with Crippen molar-refractivity contribution in [3.63, 3.8) is 0 Å². The highest BCUT2D eigenvalue weighted by Crippen LogP contribution is 2.13. The SMILES string of the molecule is CCCCCCCCCCCCCCCOC(=O)CCCCCCCC=CC[C@H](O)CCCCCC. The molecule has 0 aromatic rings. The molecule has 0 fully saturated rings. The largest absolute Gasteiger partial charge is 0.466 e. The van der Waals surface area contributed by atoms with Gasteiger partial charge in [0.2, 0.25) is 0 Å². The van der Waals surface area contributed by atoms with Gasteiger partial charge in [0.05, 0.1) is 12.7 Å². The first-order valence-electron chi connectivity index (χ1n) is 16.2. The molecule has 0 aliphatic carbocycles. The Kier molecular flexibility index (Phi) is 29.7. The summed E-state index contributed by atoms with van der Waals surface area (Å²) in [6.07, 6.45) is 35.7. The summed E-state index contributed by atoms with van der Waals surface area (Å²) < 4.78 is 5.40. The van der Waals surface area contributed by atoms with Crippen LogP contribution in [0.1, 0.15) is 181 Å². The van der Waals surface area contributed by atoms with Gasteiger partial charge in [-0.1, -0.05) is 148 Å².